The third kappa shape index (κ3) is 4.97. The van der Waals surface area contributed by atoms with E-state index < -0.39 is 15.9 Å². The van der Waals surface area contributed by atoms with Crippen LogP contribution in [0.3, 0.4) is 0 Å². The van der Waals surface area contributed by atoms with Crippen molar-refractivity contribution in [3.8, 4) is 0 Å². The maximum Gasteiger partial charge on any atom is 0.243 e. The number of rotatable bonds is 8. The van der Waals surface area contributed by atoms with E-state index in [-0.39, 0.29) is 29.7 Å². The van der Waals surface area contributed by atoms with E-state index in [4.69, 9.17) is 0 Å². The van der Waals surface area contributed by atoms with E-state index in [1.807, 2.05) is 31.2 Å². The van der Waals surface area contributed by atoms with E-state index in [0.29, 0.717) is 18.8 Å². The number of hydrogen-bond acceptors (Lipinski definition) is 4. The lowest BCUT2D eigenvalue weighted by Gasteiger charge is -2.20. The number of amides is 2. The van der Waals surface area contributed by atoms with Crippen molar-refractivity contribution in [3.63, 3.8) is 0 Å². The molecule has 1 saturated heterocycles. The van der Waals surface area contributed by atoms with E-state index in [9.17, 15) is 18.0 Å². The Morgan fingerprint density at radius 3 is 2.39 bits per heavy atom. The molecule has 1 aliphatic heterocycles. The third-order valence-electron chi connectivity index (χ3n) is 5.59. The molecule has 1 fully saturated rings. The van der Waals surface area contributed by atoms with Crippen molar-refractivity contribution in [1.29, 1.82) is 0 Å². The number of sulfonamides is 1. The van der Waals surface area contributed by atoms with Gasteiger partial charge in [-0.3, -0.25) is 9.59 Å². The summed E-state index contributed by atoms with van der Waals surface area (Å²) in [7, 11) is -3.55. The summed E-state index contributed by atoms with van der Waals surface area (Å²) in [5.41, 5.74) is 2.44. The molecule has 31 heavy (non-hydrogen) atoms. The summed E-state index contributed by atoms with van der Waals surface area (Å²) in [6, 6.07) is 13.9. The minimum absolute atomic E-state index is 0.124. The molecule has 1 unspecified atom stereocenters. The first-order valence-corrected chi connectivity index (χ1v) is 12.0. The summed E-state index contributed by atoms with van der Waals surface area (Å²) < 4.78 is 26.7. The molecule has 0 radical (unpaired) electrons. The first-order chi connectivity index (χ1) is 14.8. The lowest BCUT2D eigenvalue weighted by molar-refractivity contribution is -0.122. The number of benzene rings is 2. The van der Waals surface area contributed by atoms with Crippen molar-refractivity contribution in [2.75, 3.05) is 29.9 Å². The second-order valence-corrected chi connectivity index (χ2v) is 9.47. The lowest BCUT2D eigenvalue weighted by atomic mass is 10.1. The van der Waals surface area contributed by atoms with Crippen molar-refractivity contribution in [3.05, 3.63) is 54.1 Å². The van der Waals surface area contributed by atoms with Crippen molar-refractivity contribution in [2.24, 2.45) is 5.92 Å². The predicted molar refractivity (Wildman–Crippen MR) is 121 cm³/mol. The normalized spacial score (nSPS) is 16.7. The van der Waals surface area contributed by atoms with Gasteiger partial charge in [0.25, 0.3) is 0 Å². The van der Waals surface area contributed by atoms with Gasteiger partial charge in [-0.05, 0) is 48.4 Å². The van der Waals surface area contributed by atoms with Crippen LogP contribution in [0.5, 0.6) is 0 Å². The van der Waals surface area contributed by atoms with E-state index in [1.54, 1.807) is 30.9 Å². The smallest absolute Gasteiger partial charge is 0.243 e. The van der Waals surface area contributed by atoms with Gasteiger partial charge in [0, 0.05) is 37.4 Å². The molecule has 0 bridgehead atoms. The van der Waals surface area contributed by atoms with E-state index in [1.165, 1.54) is 16.4 Å². The number of carbonyl (C=O) groups excluding carboxylic acids is 2. The zero-order valence-corrected chi connectivity index (χ0v) is 19.0. The van der Waals surface area contributed by atoms with Crippen LogP contribution in [-0.2, 0) is 26.0 Å². The van der Waals surface area contributed by atoms with Gasteiger partial charge in [0.1, 0.15) is 0 Å². The Labute approximate surface area is 184 Å². The Balaban J connectivity index is 1.70. The quantitative estimate of drug-likeness (QED) is 0.678. The second-order valence-electron chi connectivity index (χ2n) is 7.53. The number of hydrogen-bond donors (Lipinski definition) is 1. The summed E-state index contributed by atoms with van der Waals surface area (Å²) in [6.07, 6.45) is 0.998. The molecule has 2 aromatic rings. The molecule has 2 amide bonds. The molecular weight excluding hydrogens is 414 g/mol. The van der Waals surface area contributed by atoms with Crippen LogP contribution >= 0.6 is 0 Å². The van der Waals surface area contributed by atoms with Gasteiger partial charge in [-0.25, -0.2) is 8.42 Å². The van der Waals surface area contributed by atoms with Crippen molar-refractivity contribution >= 4 is 33.2 Å². The van der Waals surface area contributed by atoms with Gasteiger partial charge in [-0.15, -0.1) is 0 Å². The van der Waals surface area contributed by atoms with E-state index in [2.05, 4.69) is 5.32 Å². The Morgan fingerprint density at radius 2 is 1.77 bits per heavy atom. The fraction of sp³-hybridized carbons (Fsp3) is 0.391. The number of anilines is 2. The molecule has 1 aliphatic rings. The third-order valence-corrected chi connectivity index (χ3v) is 7.65. The van der Waals surface area contributed by atoms with Crippen LogP contribution in [0.25, 0.3) is 0 Å². The van der Waals surface area contributed by atoms with Gasteiger partial charge in [0.15, 0.2) is 0 Å². The van der Waals surface area contributed by atoms with E-state index >= 15 is 0 Å². The Hall–Kier alpha value is -2.71. The summed E-state index contributed by atoms with van der Waals surface area (Å²) in [5.74, 6) is -0.802. The second kappa shape index (κ2) is 9.62. The number of nitrogens with one attached hydrogen (secondary N) is 1. The van der Waals surface area contributed by atoms with Crippen molar-refractivity contribution < 1.29 is 18.0 Å². The van der Waals surface area contributed by atoms with Crippen LogP contribution in [0.1, 0.15) is 32.8 Å². The van der Waals surface area contributed by atoms with Crippen LogP contribution in [0.15, 0.2) is 53.4 Å². The van der Waals surface area contributed by atoms with Crippen LogP contribution in [0.2, 0.25) is 0 Å². The zero-order chi connectivity index (χ0) is 22.6. The summed E-state index contributed by atoms with van der Waals surface area (Å²) in [4.78, 5) is 27.0. The number of carbonyl (C=O) groups is 2. The van der Waals surface area contributed by atoms with Gasteiger partial charge in [0.05, 0.1) is 10.8 Å². The van der Waals surface area contributed by atoms with E-state index in [0.717, 1.165) is 17.7 Å². The first kappa shape index (κ1) is 23.0. The maximum atomic E-state index is 12.7. The summed E-state index contributed by atoms with van der Waals surface area (Å²) >= 11 is 0. The Kier molecular flexibility index (Phi) is 7.12. The highest BCUT2D eigenvalue weighted by Gasteiger charge is 2.35. The molecule has 1 atom stereocenters. The lowest BCUT2D eigenvalue weighted by Crippen LogP contribution is -2.31. The number of aryl methyl sites for hydroxylation is 1. The fourth-order valence-electron chi connectivity index (χ4n) is 3.76. The average Bonchev–Trinajstić information content (AvgIpc) is 3.16. The molecule has 1 N–H and O–H groups in total. The predicted octanol–water partition coefficient (Wildman–Crippen LogP) is 3.27. The van der Waals surface area contributed by atoms with Gasteiger partial charge in [0.2, 0.25) is 21.8 Å². The van der Waals surface area contributed by atoms with Crippen LogP contribution in [0.4, 0.5) is 11.4 Å². The largest absolute Gasteiger partial charge is 0.326 e. The minimum Gasteiger partial charge on any atom is -0.326 e. The molecule has 1 heterocycles. The fourth-order valence-corrected chi connectivity index (χ4v) is 5.21. The van der Waals surface area contributed by atoms with Gasteiger partial charge < -0.3 is 10.2 Å². The summed E-state index contributed by atoms with van der Waals surface area (Å²) in [5, 5.41) is 2.90. The zero-order valence-electron chi connectivity index (χ0n) is 18.2. The Morgan fingerprint density at radius 1 is 1.10 bits per heavy atom. The molecule has 0 saturated carbocycles. The minimum atomic E-state index is -3.55. The van der Waals surface area contributed by atoms with Crippen LogP contribution in [0, 0.1) is 5.92 Å². The first-order valence-electron chi connectivity index (χ1n) is 10.6. The van der Waals surface area contributed by atoms with Crippen LogP contribution in [-0.4, -0.2) is 44.2 Å². The maximum absolute atomic E-state index is 12.7. The number of nitrogens with zero attached hydrogens (tertiary/aromatic N) is 2. The standard InChI is InChI=1S/C23H29N3O4S/c1-4-17-8-7-9-19(14-17)24-23(28)18-15-22(27)26(16-18)20-10-12-21(13-11-20)31(29,30)25(5-2)6-3/h7-14,18H,4-6,15-16H2,1-3H3,(H,24,28). The molecule has 3 rings (SSSR count). The molecule has 7 nitrogen and oxygen atoms in total. The molecule has 8 heteroatoms. The van der Waals surface area contributed by atoms with Gasteiger partial charge >= 0.3 is 0 Å². The van der Waals surface area contributed by atoms with Crippen molar-refractivity contribution in [2.45, 2.75) is 38.5 Å². The highest BCUT2D eigenvalue weighted by atomic mass is 32.2. The highest BCUT2D eigenvalue weighted by Crippen LogP contribution is 2.28. The average molecular weight is 444 g/mol. The summed E-state index contributed by atoms with van der Waals surface area (Å²) in [6.45, 7) is 6.68. The molecular formula is C23H29N3O4S. The molecule has 0 aliphatic carbocycles. The molecule has 2 aromatic carbocycles. The Bertz CT molecular complexity index is 1050. The van der Waals surface area contributed by atoms with Gasteiger partial charge in [-0.1, -0.05) is 32.9 Å². The molecule has 166 valence electrons. The van der Waals surface area contributed by atoms with Crippen LogP contribution < -0.4 is 10.2 Å². The van der Waals surface area contributed by atoms with Gasteiger partial charge in [-0.2, -0.15) is 4.31 Å². The van der Waals surface area contributed by atoms with Crippen molar-refractivity contribution in [1.82, 2.24) is 4.31 Å². The molecule has 0 aromatic heterocycles. The molecule has 0 spiro atoms. The topological polar surface area (TPSA) is 86.8 Å². The monoisotopic (exact) mass is 443 g/mol. The SMILES string of the molecule is CCc1cccc(NC(=O)C2CC(=O)N(c3ccc(S(=O)(=O)N(CC)CC)cc3)C2)c1. The highest BCUT2D eigenvalue weighted by molar-refractivity contribution is 7.89.